The molecule has 1 amide bonds. The van der Waals surface area contributed by atoms with Gasteiger partial charge in [0, 0.05) is 23.4 Å². The molecule has 2 unspecified atom stereocenters. The largest absolute Gasteiger partial charge is 0.493 e. The molecule has 5 nitrogen and oxygen atoms in total. The Hall–Kier alpha value is -1.59. The van der Waals surface area contributed by atoms with E-state index in [9.17, 15) is 4.79 Å². The van der Waals surface area contributed by atoms with Crippen LogP contribution in [0.1, 0.15) is 30.9 Å². The maximum Gasteiger partial charge on any atom is 0.245 e. The number of rotatable bonds is 4. The third kappa shape index (κ3) is 2.51. The number of benzene rings is 1. The van der Waals surface area contributed by atoms with E-state index in [1.807, 2.05) is 18.2 Å². The summed E-state index contributed by atoms with van der Waals surface area (Å²) in [5.74, 6) is 0.642. The minimum atomic E-state index is -0.550. The highest BCUT2D eigenvalue weighted by atomic mass is 16.5. The van der Waals surface area contributed by atoms with Crippen LogP contribution in [0.4, 0.5) is 5.69 Å². The SMILES string of the molecule is CN1CCCC1CCOc1ccc2c(c1)NC(=O)C2N. The summed E-state index contributed by atoms with van der Waals surface area (Å²) >= 11 is 0. The second-order valence-electron chi connectivity index (χ2n) is 5.63. The maximum atomic E-state index is 11.5. The van der Waals surface area contributed by atoms with Gasteiger partial charge in [0.05, 0.1) is 6.61 Å². The fourth-order valence-corrected chi connectivity index (χ4v) is 3.01. The van der Waals surface area contributed by atoms with Crippen molar-refractivity contribution in [2.24, 2.45) is 5.73 Å². The molecule has 1 fully saturated rings. The second-order valence-corrected chi connectivity index (χ2v) is 5.63. The molecule has 0 aromatic heterocycles. The lowest BCUT2D eigenvalue weighted by molar-refractivity contribution is -0.116. The van der Waals surface area contributed by atoms with Gasteiger partial charge >= 0.3 is 0 Å². The van der Waals surface area contributed by atoms with Gasteiger partial charge in [0.25, 0.3) is 0 Å². The fraction of sp³-hybridized carbons (Fsp3) is 0.533. The highest BCUT2D eigenvalue weighted by Gasteiger charge is 2.27. The van der Waals surface area contributed by atoms with Crippen molar-refractivity contribution in [3.05, 3.63) is 23.8 Å². The number of amides is 1. The van der Waals surface area contributed by atoms with E-state index in [2.05, 4.69) is 17.3 Å². The lowest BCUT2D eigenvalue weighted by Crippen LogP contribution is -2.26. The Balaban J connectivity index is 1.57. The quantitative estimate of drug-likeness (QED) is 0.874. The van der Waals surface area contributed by atoms with Crippen LogP contribution in [-0.4, -0.2) is 37.0 Å². The Labute approximate surface area is 119 Å². The monoisotopic (exact) mass is 275 g/mol. The average Bonchev–Trinajstić information content (AvgIpc) is 2.95. The summed E-state index contributed by atoms with van der Waals surface area (Å²) < 4.78 is 5.79. The fourth-order valence-electron chi connectivity index (χ4n) is 3.01. The van der Waals surface area contributed by atoms with Gasteiger partial charge in [-0.3, -0.25) is 4.79 Å². The van der Waals surface area contributed by atoms with Crippen molar-refractivity contribution in [1.29, 1.82) is 0 Å². The maximum absolute atomic E-state index is 11.5. The molecule has 2 aliphatic heterocycles. The first-order valence-corrected chi connectivity index (χ1v) is 7.18. The summed E-state index contributed by atoms with van der Waals surface area (Å²) in [5, 5.41) is 2.77. The molecular weight excluding hydrogens is 254 g/mol. The highest BCUT2D eigenvalue weighted by molar-refractivity contribution is 6.02. The van der Waals surface area contributed by atoms with Crippen molar-refractivity contribution in [3.8, 4) is 5.75 Å². The van der Waals surface area contributed by atoms with Crippen molar-refractivity contribution in [1.82, 2.24) is 4.90 Å². The number of ether oxygens (including phenoxy) is 1. The molecule has 1 saturated heterocycles. The van der Waals surface area contributed by atoms with E-state index < -0.39 is 6.04 Å². The predicted octanol–water partition coefficient (Wildman–Crippen LogP) is 1.50. The first kappa shape index (κ1) is 13.4. The summed E-state index contributed by atoms with van der Waals surface area (Å²) in [4.78, 5) is 13.9. The molecule has 2 aliphatic rings. The van der Waals surface area contributed by atoms with Gasteiger partial charge in [-0.15, -0.1) is 0 Å². The third-order valence-corrected chi connectivity index (χ3v) is 4.29. The van der Waals surface area contributed by atoms with Gasteiger partial charge in [0.15, 0.2) is 0 Å². The van der Waals surface area contributed by atoms with Gasteiger partial charge in [-0.25, -0.2) is 0 Å². The third-order valence-electron chi connectivity index (χ3n) is 4.29. The number of hydrogen-bond donors (Lipinski definition) is 2. The van der Waals surface area contributed by atoms with E-state index in [4.69, 9.17) is 10.5 Å². The zero-order valence-corrected chi connectivity index (χ0v) is 11.8. The zero-order valence-electron chi connectivity index (χ0n) is 11.8. The molecular formula is C15H21N3O2. The van der Waals surface area contributed by atoms with E-state index in [0.29, 0.717) is 12.6 Å². The van der Waals surface area contributed by atoms with Crippen LogP contribution < -0.4 is 15.8 Å². The minimum absolute atomic E-state index is 0.148. The lowest BCUT2D eigenvalue weighted by Gasteiger charge is -2.19. The van der Waals surface area contributed by atoms with Crippen LogP contribution in [0.3, 0.4) is 0 Å². The molecule has 2 atom stereocenters. The van der Waals surface area contributed by atoms with Crippen LogP contribution in [-0.2, 0) is 4.79 Å². The molecule has 20 heavy (non-hydrogen) atoms. The summed E-state index contributed by atoms with van der Waals surface area (Å²) in [6, 6.07) is 5.70. The van der Waals surface area contributed by atoms with E-state index in [1.165, 1.54) is 19.4 Å². The zero-order chi connectivity index (χ0) is 14.1. The normalized spacial score (nSPS) is 25.6. The number of anilines is 1. The summed E-state index contributed by atoms with van der Waals surface area (Å²) in [6.45, 7) is 1.89. The first-order chi connectivity index (χ1) is 9.65. The molecule has 0 spiro atoms. The van der Waals surface area contributed by atoms with Gasteiger partial charge in [0.1, 0.15) is 11.8 Å². The molecule has 1 aromatic rings. The summed E-state index contributed by atoms with van der Waals surface area (Å²) in [5.41, 5.74) is 7.40. The number of nitrogens with one attached hydrogen (secondary N) is 1. The standard InChI is InChI=1S/C15H21N3O2/c1-18-7-2-3-10(18)6-8-20-11-4-5-12-13(9-11)17-15(19)14(12)16/h4-5,9-10,14H,2-3,6-8,16H2,1H3,(H,17,19). The molecule has 1 aromatic carbocycles. The molecule has 5 heteroatoms. The lowest BCUT2D eigenvalue weighted by atomic mass is 10.1. The Morgan fingerprint density at radius 1 is 1.50 bits per heavy atom. The Bertz CT molecular complexity index is 518. The van der Waals surface area contributed by atoms with E-state index in [-0.39, 0.29) is 5.91 Å². The number of nitrogens with two attached hydrogens (primary N) is 1. The minimum Gasteiger partial charge on any atom is -0.493 e. The number of likely N-dealkylation sites (tertiary alicyclic amines) is 1. The topological polar surface area (TPSA) is 67.6 Å². The van der Waals surface area contributed by atoms with Crippen LogP contribution in [0.2, 0.25) is 0 Å². The van der Waals surface area contributed by atoms with E-state index in [1.54, 1.807) is 0 Å². The van der Waals surface area contributed by atoms with E-state index in [0.717, 1.165) is 23.4 Å². The van der Waals surface area contributed by atoms with Gasteiger partial charge in [-0.05, 0) is 38.9 Å². The Morgan fingerprint density at radius 2 is 2.35 bits per heavy atom. The number of fused-ring (bicyclic) bond motifs is 1. The average molecular weight is 275 g/mol. The van der Waals surface area contributed by atoms with Crippen LogP contribution in [0.25, 0.3) is 0 Å². The van der Waals surface area contributed by atoms with Crippen LogP contribution in [0.5, 0.6) is 5.75 Å². The highest BCUT2D eigenvalue weighted by Crippen LogP contribution is 2.32. The number of hydrogen-bond acceptors (Lipinski definition) is 4. The molecule has 0 aliphatic carbocycles. The molecule has 0 radical (unpaired) electrons. The van der Waals surface area contributed by atoms with Gasteiger partial charge < -0.3 is 20.7 Å². The summed E-state index contributed by atoms with van der Waals surface area (Å²) in [6.07, 6.45) is 3.58. The molecule has 0 bridgehead atoms. The van der Waals surface area contributed by atoms with Gasteiger partial charge in [-0.2, -0.15) is 0 Å². The van der Waals surface area contributed by atoms with Crippen molar-refractivity contribution in [3.63, 3.8) is 0 Å². The molecule has 0 saturated carbocycles. The van der Waals surface area contributed by atoms with Crippen molar-refractivity contribution < 1.29 is 9.53 Å². The van der Waals surface area contributed by atoms with Crippen molar-refractivity contribution in [2.45, 2.75) is 31.3 Å². The Morgan fingerprint density at radius 3 is 3.10 bits per heavy atom. The van der Waals surface area contributed by atoms with Crippen LogP contribution >= 0.6 is 0 Å². The van der Waals surface area contributed by atoms with Crippen molar-refractivity contribution in [2.75, 3.05) is 25.5 Å². The number of carbonyl (C=O) groups excluding carboxylic acids is 1. The van der Waals surface area contributed by atoms with Crippen LogP contribution in [0, 0.1) is 0 Å². The molecule has 108 valence electrons. The molecule has 2 heterocycles. The predicted molar refractivity (Wildman–Crippen MR) is 77.8 cm³/mol. The van der Waals surface area contributed by atoms with E-state index >= 15 is 0 Å². The van der Waals surface area contributed by atoms with Gasteiger partial charge in [-0.1, -0.05) is 6.07 Å². The Kier molecular flexibility index (Phi) is 3.63. The molecule has 3 N–H and O–H groups in total. The summed E-state index contributed by atoms with van der Waals surface area (Å²) in [7, 11) is 2.17. The molecule has 3 rings (SSSR count). The second kappa shape index (κ2) is 5.42. The van der Waals surface area contributed by atoms with Crippen LogP contribution in [0.15, 0.2) is 18.2 Å². The van der Waals surface area contributed by atoms with Gasteiger partial charge in [0.2, 0.25) is 5.91 Å². The first-order valence-electron chi connectivity index (χ1n) is 7.18. The smallest absolute Gasteiger partial charge is 0.245 e. The number of nitrogens with zero attached hydrogens (tertiary/aromatic N) is 1. The van der Waals surface area contributed by atoms with Crippen molar-refractivity contribution >= 4 is 11.6 Å². The number of carbonyl (C=O) groups is 1.